The molecule has 122 valence electrons. The van der Waals surface area contributed by atoms with Gasteiger partial charge in [-0.15, -0.1) is 0 Å². The number of aryl methyl sites for hydroxylation is 1. The maximum atomic E-state index is 14.2. The van der Waals surface area contributed by atoms with Gasteiger partial charge < -0.3 is 9.64 Å². The summed E-state index contributed by atoms with van der Waals surface area (Å²) in [5.74, 6) is -0.688. The highest BCUT2D eigenvalue weighted by atomic mass is 32.2. The number of morpholine rings is 1. The van der Waals surface area contributed by atoms with E-state index in [2.05, 4.69) is 4.90 Å². The number of nitrogens with zero attached hydrogens (tertiary/aromatic N) is 2. The van der Waals surface area contributed by atoms with Crippen molar-refractivity contribution in [3.05, 3.63) is 29.6 Å². The molecule has 3 rings (SSSR count). The fraction of sp³-hybridized carbons (Fsp3) is 0.600. The fourth-order valence-corrected chi connectivity index (χ4v) is 4.91. The highest BCUT2D eigenvalue weighted by molar-refractivity contribution is 7.89. The van der Waals surface area contributed by atoms with Gasteiger partial charge in [0.25, 0.3) is 0 Å². The van der Waals surface area contributed by atoms with Gasteiger partial charge in [0.05, 0.1) is 18.8 Å². The zero-order valence-electron chi connectivity index (χ0n) is 12.8. The van der Waals surface area contributed by atoms with Gasteiger partial charge in [-0.05, 0) is 38.1 Å². The number of hydrogen-bond donors (Lipinski definition) is 0. The molecule has 2 heterocycles. The average molecular weight is 328 g/mol. The van der Waals surface area contributed by atoms with E-state index in [4.69, 9.17) is 4.74 Å². The first-order valence-electron chi connectivity index (χ1n) is 7.48. The lowest BCUT2D eigenvalue weighted by Crippen LogP contribution is -2.60. The van der Waals surface area contributed by atoms with Gasteiger partial charge >= 0.3 is 0 Å². The number of benzene rings is 1. The van der Waals surface area contributed by atoms with E-state index in [0.717, 1.165) is 13.0 Å². The van der Waals surface area contributed by atoms with E-state index in [1.165, 1.54) is 16.4 Å². The molecule has 7 heteroatoms. The molecule has 0 aromatic heterocycles. The van der Waals surface area contributed by atoms with Gasteiger partial charge in [-0.1, -0.05) is 6.07 Å². The Labute approximate surface area is 130 Å². The van der Waals surface area contributed by atoms with Crippen LogP contribution in [0.25, 0.3) is 0 Å². The molecule has 2 saturated heterocycles. The third-order valence-corrected chi connectivity index (χ3v) is 6.37. The van der Waals surface area contributed by atoms with Crippen LogP contribution >= 0.6 is 0 Å². The van der Waals surface area contributed by atoms with Crippen LogP contribution < -0.4 is 0 Å². The highest BCUT2D eigenvalue weighted by Gasteiger charge is 2.42. The number of hydrogen-bond acceptors (Lipinski definition) is 4. The molecule has 0 saturated carbocycles. The number of sulfonamides is 1. The second-order valence-corrected chi connectivity index (χ2v) is 7.94. The number of ether oxygens (including phenoxy) is 1. The van der Waals surface area contributed by atoms with Crippen LogP contribution in [0.3, 0.4) is 0 Å². The van der Waals surface area contributed by atoms with E-state index in [1.807, 2.05) is 7.05 Å². The van der Waals surface area contributed by atoms with Crippen molar-refractivity contribution in [1.29, 1.82) is 0 Å². The Morgan fingerprint density at radius 2 is 2.09 bits per heavy atom. The lowest BCUT2D eigenvalue weighted by atomic mass is 10.0. The van der Waals surface area contributed by atoms with Crippen molar-refractivity contribution in [1.82, 2.24) is 9.21 Å². The van der Waals surface area contributed by atoms with Crippen molar-refractivity contribution < 1.29 is 17.5 Å². The van der Waals surface area contributed by atoms with Crippen molar-refractivity contribution in [3.63, 3.8) is 0 Å². The zero-order valence-corrected chi connectivity index (χ0v) is 13.6. The van der Waals surface area contributed by atoms with Crippen molar-refractivity contribution in [2.45, 2.75) is 30.4 Å². The van der Waals surface area contributed by atoms with Crippen LogP contribution in [-0.2, 0) is 14.8 Å². The van der Waals surface area contributed by atoms with E-state index in [1.54, 1.807) is 13.0 Å². The molecule has 5 nitrogen and oxygen atoms in total. The minimum atomic E-state index is -3.85. The molecule has 1 aromatic carbocycles. The Morgan fingerprint density at radius 1 is 1.32 bits per heavy atom. The molecular formula is C15H21FN2O3S. The van der Waals surface area contributed by atoms with Gasteiger partial charge in [0, 0.05) is 19.6 Å². The van der Waals surface area contributed by atoms with Gasteiger partial charge in [0.15, 0.2) is 0 Å². The molecule has 0 N–H and O–H groups in total. The van der Waals surface area contributed by atoms with Crippen LogP contribution in [0.5, 0.6) is 0 Å². The Hall–Kier alpha value is -1.02. The van der Waals surface area contributed by atoms with Gasteiger partial charge in [-0.2, -0.15) is 4.31 Å². The Bertz CT molecular complexity index is 665. The molecule has 2 atom stereocenters. The number of likely N-dealkylation sites (N-methyl/N-ethyl adjacent to an activating group) is 1. The Balaban J connectivity index is 1.96. The van der Waals surface area contributed by atoms with E-state index in [0.29, 0.717) is 18.7 Å². The first-order valence-corrected chi connectivity index (χ1v) is 8.92. The standard InChI is InChI=1S/C15H21FN2O3S/c1-11-3-4-15(12(16)9-11)22(19,20)18-7-8-21-14-5-6-17(2)10-13(14)18/h3-4,9,13-14H,5-8,10H2,1-2H3/t13-,14-/m0/s1. The van der Waals surface area contributed by atoms with Crippen molar-refractivity contribution in [2.24, 2.45) is 0 Å². The molecule has 0 amide bonds. The zero-order chi connectivity index (χ0) is 15.9. The third-order valence-electron chi connectivity index (χ3n) is 4.41. The summed E-state index contributed by atoms with van der Waals surface area (Å²) in [5, 5.41) is 0. The largest absolute Gasteiger partial charge is 0.375 e. The number of rotatable bonds is 2. The third kappa shape index (κ3) is 2.78. The topological polar surface area (TPSA) is 49.9 Å². The normalized spacial score (nSPS) is 27.6. The first kappa shape index (κ1) is 15.9. The fourth-order valence-electron chi connectivity index (χ4n) is 3.24. The predicted octanol–water partition coefficient (Wildman–Crippen LogP) is 1.23. The highest BCUT2D eigenvalue weighted by Crippen LogP contribution is 2.29. The molecule has 0 radical (unpaired) electrons. The van der Waals surface area contributed by atoms with Crippen LogP contribution in [-0.4, -0.2) is 63.1 Å². The SMILES string of the molecule is Cc1ccc(S(=O)(=O)N2CCO[C@H]3CCN(C)C[C@@H]32)c(F)c1. The summed E-state index contributed by atoms with van der Waals surface area (Å²) in [6, 6.07) is 3.99. The van der Waals surface area contributed by atoms with Crippen molar-refractivity contribution >= 4 is 10.0 Å². The molecular weight excluding hydrogens is 307 g/mol. The maximum Gasteiger partial charge on any atom is 0.246 e. The summed E-state index contributed by atoms with van der Waals surface area (Å²) >= 11 is 0. The second kappa shape index (κ2) is 5.88. The van der Waals surface area contributed by atoms with Crippen LogP contribution in [0.2, 0.25) is 0 Å². The van der Waals surface area contributed by atoms with E-state index in [-0.39, 0.29) is 23.6 Å². The summed E-state index contributed by atoms with van der Waals surface area (Å²) in [6.07, 6.45) is 0.692. The number of halogens is 1. The maximum absolute atomic E-state index is 14.2. The Morgan fingerprint density at radius 3 is 2.82 bits per heavy atom. The van der Waals surface area contributed by atoms with E-state index < -0.39 is 15.8 Å². The van der Waals surface area contributed by atoms with Gasteiger partial charge in [-0.3, -0.25) is 0 Å². The minimum Gasteiger partial charge on any atom is -0.375 e. The van der Waals surface area contributed by atoms with Crippen molar-refractivity contribution in [3.8, 4) is 0 Å². The van der Waals surface area contributed by atoms with E-state index >= 15 is 0 Å². The molecule has 1 aromatic rings. The second-order valence-electron chi connectivity index (χ2n) is 6.08. The minimum absolute atomic E-state index is 0.103. The summed E-state index contributed by atoms with van der Waals surface area (Å²) in [7, 11) is -1.89. The average Bonchev–Trinajstić information content (AvgIpc) is 2.46. The summed E-state index contributed by atoms with van der Waals surface area (Å²) in [4.78, 5) is 1.84. The number of fused-ring (bicyclic) bond motifs is 1. The molecule has 2 fully saturated rings. The quantitative estimate of drug-likeness (QED) is 0.819. The van der Waals surface area contributed by atoms with Crippen LogP contribution in [0, 0.1) is 12.7 Å². The lowest BCUT2D eigenvalue weighted by Gasteiger charge is -2.45. The summed E-state index contributed by atoms with van der Waals surface area (Å²) in [5.41, 5.74) is 0.703. The van der Waals surface area contributed by atoms with Crippen LogP contribution in [0.15, 0.2) is 23.1 Å². The van der Waals surface area contributed by atoms with Crippen LogP contribution in [0.1, 0.15) is 12.0 Å². The number of piperidine rings is 1. The molecule has 0 unspecified atom stereocenters. The van der Waals surface area contributed by atoms with Gasteiger partial charge in [0.1, 0.15) is 10.7 Å². The molecule has 0 spiro atoms. The summed E-state index contributed by atoms with van der Waals surface area (Å²) < 4.78 is 47.1. The Kier molecular flexibility index (Phi) is 4.24. The lowest BCUT2D eigenvalue weighted by molar-refractivity contribution is -0.0720. The molecule has 2 aliphatic rings. The summed E-state index contributed by atoms with van der Waals surface area (Å²) in [6.45, 7) is 3.86. The van der Waals surface area contributed by atoms with Gasteiger partial charge in [-0.25, -0.2) is 12.8 Å². The molecule has 0 aliphatic carbocycles. The van der Waals surface area contributed by atoms with Crippen LogP contribution in [0.4, 0.5) is 4.39 Å². The molecule has 22 heavy (non-hydrogen) atoms. The number of likely N-dealkylation sites (tertiary alicyclic amines) is 1. The smallest absolute Gasteiger partial charge is 0.246 e. The molecule has 2 aliphatic heterocycles. The molecule has 0 bridgehead atoms. The van der Waals surface area contributed by atoms with Gasteiger partial charge in [0.2, 0.25) is 10.0 Å². The van der Waals surface area contributed by atoms with Crippen molar-refractivity contribution in [2.75, 3.05) is 33.3 Å². The predicted molar refractivity (Wildman–Crippen MR) is 80.7 cm³/mol. The monoisotopic (exact) mass is 328 g/mol. The first-order chi connectivity index (χ1) is 10.4. The van der Waals surface area contributed by atoms with E-state index in [9.17, 15) is 12.8 Å².